The summed E-state index contributed by atoms with van der Waals surface area (Å²) in [4.78, 5) is 8.02. The lowest BCUT2D eigenvalue weighted by Gasteiger charge is -2.48. The monoisotopic (exact) mass is 1230 g/mol. The molecule has 15 rings (SSSR count). The third kappa shape index (κ3) is 9.98. The molecule has 4 aliphatic rings. The molecule has 10 aromatic carbocycles. The van der Waals surface area contributed by atoms with Crippen LogP contribution in [-0.2, 0) is 37.9 Å². The third-order valence-corrected chi connectivity index (χ3v) is 22.6. The predicted octanol–water partition coefficient (Wildman–Crippen LogP) is 23.4. The molecule has 5 heteroatoms. The Morgan fingerprint density at radius 1 is 0.372 bits per heavy atom. The van der Waals surface area contributed by atoms with Crippen molar-refractivity contribution in [3.8, 4) is 22.3 Å². The van der Waals surface area contributed by atoms with E-state index < -0.39 is 0 Å². The average Bonchev–Trinajstić information content (AvgIpc) is 0.773. The molecule has 0 fully saturated rings. The summed E-state index contributed by atoms with van der Waals surface area (Å²) in [7, 11) is 0. The van der Waals surface area contributed by atoms with E-state index in [2.05, 4.69) is 333 Å². The van der Waals surface area contributed by atoms with Crippen LogP contribution in [-0.4, -0.2) is 6.71 Å². The van der Waals surface area contributed by atoms with Crippen molar-refractivity contribution in [1.29, 1.82) is 0 Å². The number of hydrogen-bond acceptors (Lipinski definition) is 4. The van der Waals surface area contributed by atoms with Gasteiger partial charge in [0.05, 0.1) is 11.4 Å². The van der Waals surface area contributed by atoms with Gasteiger partial charge in [-0.15, -0.1) is 0 Å². The molecule has 0 spiro atoms. The van der Waals surface area contributed by atoms with Gasteiger partial charge < -0.3 is 19.1 Å². The topological polar surface area (TPSA) is 22.9 Å². The van der Waals surface area contributed by atoms with Crippen LogP contribution >= 0.6 is 0 Å². The van der Waals surface area contributed by atoms with Gasteiger partial charge in [0.25, 0.3) is 6.71 Å². The number of nitrogens with zero attached hydrogens (tertiary/aromatic N) is 3. The lowest BCUT2D eigenvalue weighted by Crippen LogP contribution is -2.62. The van der Waals surface area contributed by atoms with E-state index in [9.17, 15) is 0 Å². The fourth-order valence-electron chi connectivity index (χ4n) is 16.5. The highest BCUT2D eigenvalue weighted by molar-refractivity contribution is 7.00. The molecule has 4 nitrogen and oxygen atoms in total. The van der Waals surface area contributed by atoms with E-state index in [1.165, 1.54) is 112 Å². The summed E-state index contributed by atoms with van der Waals surface area (Å²) in [6.07, 6.45) is 4.49. The number of aryl methyl sites for hydroxylation is 1. The quantitative estimate of drug-likeness (QED) is 0.148. The van der Waals surface area contributed by atoms with Gasteiger partial charge in [0, 0.05) is 56.1 Å². The first kappa shape index (κ1) is 61.6. The number of hydrogen-bond donors (Lipinski definition) is 0. The summed E-state index contributed by atoms with van der Waals surface area (Å²) in [6, 6.07) is 75.9. The fourth-order valence-corrected chi connectivity index (χ4v) is 16.5. The molecule has 474 valence electrons. The molecule has 0 saturated carbocycles. The molecule has 0 unspecified atom stereocenters. The van der Waals surface area contributed by atoms with E-state index in [1.54, 1.807) is 0 Å². The molecule has 0 radical (unpaired) electrons. The minimum Gasteiger partial charge on any atom is -0.456 e. The first-order valence-electron chi connectivity index (χ1n) is 34.8. The molecule has 94 heavy (non-hydrogen) atoms. The van der Waals surface area contributed by atoms with E-state index in [4.69, 9.17) is 4.42 Å². The molecule has 0 atom stereocenters. The van der Waals surface area contributed by atoms with Crippen molar-refractivity contribution >= 4 is 96.2 Å². The lowest BCUT2D eigenvalue weighted by molar-refractivity contribution is 0.332. The van der Waals surface area contributed by atoms with Crippen molar-refractivity contribution in [2.24, 2.45) is 0 Å². The minimum absolute atomic E-state index is 0.0214. The van der Waals surface area contributed by atoms with E-state index >= 15 is 0 Å². The smallest absolute Gasteiger partial charge is 0.252 e. The molecule has 3 heterocycles. The Morgan fingerprint density at radius 2 is 0.862 bits per heavy atom. The van der Waals surface area contributed by atoms with E-state index in [1.807, 2.05) is 0 Å². The zero-order valence-electron chi connectivity index (χ0n) is 59.1. The molecule has 0 N–H and O–H groups in total. The molecule has 0 bridgehead atoms. The molecule has 0 amide bonds. The highest BCUT2D eigenvalue weighted by Crippen LogP contribution is 2.56. The first-order valence-corrected chi connectivity index (χ1v) is 34.8. The summed E-state index contributed by atoms with van der Waals surface area (Å²) >= 11 is 0. The minimum atomic E-state index is -0.143. The summed E-state index contributed by atoms with van der Waals surface area (Å²) < 4.78 is 6.68. The Balaban J connectivity index is 1.13. The number of anilines is 9. The molecule has 2 aliphatic carbocycles. The first-order chi connectivity index (χ1) is 44.4. The second-order valence-corrected chi connectivity index (χ2v) is 34.0. The normalized spacial score (nSPS) is 16.7. The molecular formula is C89H94BN3O. The summed E-state index contributed by atoms with van der Waals surface area (Å²) in [6.45, 7) is 43.1. The third-order valence-electron chi connectivity index (χ3n) is 22.6. The maximum atomic E-state index is 6.68. The average molecular weight is 1230 g/mol. The molecule has 1 aromatic heterocycles. The zero-order valence-corrected chi connectivity index (χ0v) is 59.1. The Bertz CT molecular complexity index is 4800. The van der Waals surface area contributed by atoms with Gasteiger partial charge in [0.2, 0.25) is 0 Å². The number of fused-ring (bicyclic) bond motifs is 9. The van der Waals surface area contributed by atoms with Crippen LogP contribution in [0.25, 0.3) is 44.2 Å². The second-order valence-electron chi connectivity index (χ2n) is 34.0. The van der Waals surface area contributed by atoms with Crippen LogP contribution in [0.5, 0.6) is 0 Å². The van der Waals surface area contributed by atoms with Crippen molar-refractivity contribution in [3.63, 3.8) is 0 Å². The van der Waals surface area contributed by atoms with Gasteiger partial charge in [-0.25, -0.2) is 0 Å². The predicted molar refractivity (Wildman–Crippen MR) is 405 cm³/mol. The molecule has 2 aliphatic heterocycles. The van der Waals surface area contributed by atoms with Crippen LogP contribution in [0.1, 0.15) is 188 Å². The van der Waals surface area contributed by atoms with Crippen LogP contribution in [0.3, 0.4) is 0 Å². The number of para-hydroxylation sites is 1. The Labute approximate surface area is 561 Å². The maximum absolute atomic E-state index is 6.68. The van der Waals surface area contributed by atoms with Gasteiger partial charge in [-0.1, -0.05) is 233 Å². The van der Waals surface area contributed by atoms with Crippen LogP contribution in [0.2, 0.25) is 0 Å². The Kier molecular flexibility index (Phi) is 13.9. The van der Waals surface area contributed by atoms with E-state index in [0.717, 1.165) is 70.2 Å². The van der Waals surface area contributed by atoms with Gasteiger partial charge in [0.15, 0.2) is 0 Å². The summed E-state index contributed by atoms with van der Waals surface area (Å²) in [5, 5.41) is 2.28. The van der Waals surface area contributed by atoms with Crippen LogP contribution < -0.4 is 31.1 Å². The highest BCUT2D eigenvalue weighted by Gasteiger charge is 2.48. The SMILES string of the molecule is Cc1cc2c(cc1N1c3cc(-c4cccc5oc6ccccc6c45)ccc3B3c4cc5c(cc4N(c4ccc(C(C)(C)C)cc4-c4ccccc4)c4cc(N(c6ccc(C(C)(C)C)cc6)c6ccc(C(C)(C)C)cc6)cc1c43)C(C)(C)CCC5(C)C)C(C)(C)CCC2(C)C. The van der Waals surface area contributed by atoms with E-state index in [-0.39, 0.29) is 44.6 Å². The fraction of sp³-hybridized carbons (Fsp3) is 0.326. The highest BCUT2D eigenvalue weighted by atomic mass is 16.3. The van der Waals surface area contributed by atoms with Gasteiger partial charge in [0.1, 0.15) is 11.2 Å². The van der Waals surface area contributed by atoms with E-state index in [0.29, 0.717) is 0 Å². The number of furan rings is 1. The standard InChI is InChI=1S/C89H94BN3O/c1-55-47-67-69(88(15,16)45-43-86(67,11)12)53-74(55)93-75-48-57(64-28-24-30-80-81(64)65-27-22-23-29-79(65)94-80)31-41-71(75)90-72-52-68-70(89(17,18)46-44-87(68,13)14)54-76(72)92(73-42-36-60(85(8,9)10)49-66(73)56-25-20-19-21-26-56)77-50-63(51-78(93)82(77)90)91(61-37-32-58(33-38-61)83(2,3)4)62-39-34-59(35-40-62)84(5,6)7/h19-42,47-54H,43-46H2,1-18H3. The van der Waals surface area contributed by atoms with Crippen molar-refractivity contribution in [2.75, 3.05) is 14.7 Å². The lowest BCUT2D eigenvalue weighted by atomic mass is 9.33. The van der Waals surface area contributed by atoms with Crippen molar-refractivity contribution < 1.29 is 4.42 Å². The van der Waals surface area contributed by atoms with Gasteiger partial charge in [-0.2, -0.15) is 0 Å². The largest absolute Gasteiger partial charge is 0.456 e. The number of rotatable bonds is 7. The summed E-state index contributed by atoms with van der Waals surface area (Å²) in [5.74, 6) is 0. The van der Waals surface area contributed by atoms with Crippen LogP contribution in [0, 0.1) is 6.92 Å². The zero-order chi connectivity index (χ0) is 66.1. The van der Waals surface area contributed by atoms with Gasteiger partial charge >= 0.3 is 0 Å². The Hall–Kier alpha value is -8.54. The van der Waals surface area contributed by atoms with Crippen molar-refractivity contribution in [3.05, 3.63) is 239 Å². The molecular weight excluding hydrogens is 1140 g/mol. The maximum Gasteiger partial charge on any atom is 0.252 e. The second kappa shape index (κ2) is 21.2. The van der Waals surface area contributed by atoms with Crippen LogP contribution in [0.4, 0.5) is 51.2 Å². The molecule has 0 saturated heterocycles. The Morgan fingerprint density at radius 3 is 1.44 bits per heavy atom. The number of benzene rings is 10. The molecule has 11 aromatic rings. The summed E-state index contributed by atoms with van der Waals surface area (Å²) in [5.41, 5.74) is 31.7. The van der Waals surface area contributed by atoms with Crippen LogP contribution in [0.15, 0.2) is 199 Å². The van der Waals surface area contributed by atoms with Crippen molar-refractivity contribution in [1.82, 2.24) is 0 Å². The van der Waals surface area contributed by atoms with Gasteiger partial charge in [-0.05, 0) is 227 Å². The van der Waals surface area contributed by atoms with Crippen molar-refractivity contribution in [2.45, 2.75) is 188 Å². The van der Waals surface area contributed by atoms with Gasteiger partial charge in [-0.3, -0.25) is 0 Å².